The number of benzene rings is 1. The lowest BCUT2D eigenvalue weighted by Gasteiger charge is -2.07. The molecule has 1 heterocycles. The molecule has 0 aliphatic rings. The van der Waals surface area contributed by atoms with Crippen LogP contribution in [0.15, 0.2) is 36.5 Å². The van der Waals surface area contributed by atoms with Gasteiger partial charge in [0.15, 0.2) is 11.6 Å². The number of ether oxygens (including phenoxy) is 1. The van der Waals surface area contributed by atoms with E-state index in [2.05, 4.69) is 4.98 Å². The van der Waals surface area contributed by atoms with Gasteiger partial charge in [0.2, 0.25) is 5.82 Å². The Morgan fingerprint density at radius 1 is 1.17 bits per heavy atom. The molecule has 1 aromatic carbocycles. The molecule has 2 aromatic rings. The van der Waals surface area contributed by atoms with Crippen LogP contribution in [-0.4, -0.2) is 4.98 Å². The van der Waals surface area contributed by atoms with E-state index in [-0.39, 0.29) is 12.4 Å². The number of nitrogens with two attached hydrogens (primary N) is 1. The molecule has 0 unspecified atom stereocenters. The molecule has 0 amide bonds. The molecule has 18 heavy (non-hydrogen) atoms. The van der Waals surface area contributed by atoms with Crippen LogP contribution in [0.25, 0.3) is 0 Å². The van der Waals surface area contributed by atoms with Crippen LogP contribution < -0.4 is 10.5 Å². The van der Waals surface area contributed by atoms with Crippen LogP contribution in [0.4, 0.5) is 8.78 Å². The van der Waals surface area contributed by atoms with Gasteiger partial charge in [-0.3, -0.25) is 4.98 Å². The number of rotatable bonds is 4. The summed E-state index contributed by atoms with van der Waals surface area (Å²) >= 11 is 0. The first-order valence-corrected chi connectivity index (χ1v) is 5.41. The van der Waals surface area contributed by atoms with Crippen LogP contribution in [0.1, 0.15) is 11.3 Å². The van der Waals surface area contributed by atoms with Crippen molar-refractivity contribution in [1.29, 1.82) is 0 Å². The maximum atomic E-state index is 13.3. The minimum absolute atomic E-state index is 0.0746. The zero-order chi connectivity index (χ0) is 13.0. The lowest BCUT2D eigenvalue weighted by Crippen LogP contribution is -2.02. The Balaban J connectivity index is 2.04. The van der Waals surface area contributed by atoms with E-state index in [0.29, 0.717) is 12.2 Å². The third-order valence-electron chi connectivity index (χ3n) is 2.41. The summed E-state index contributed by atoms with van der Waals surface area (Å²) in [6, 6.07) is 7.34. The van der Waals surface area contributed by atoms with E-state index in [4.69, 9.17) is 10.5 Å². The van der Waals surface area contributed by atoms with Gasteiger partial charge >= 0.3 is 0 Å². The topological polar surface area (TPSA) is 48.1 Å². The monoisotopic (exact) mass is 250 g/mol. The Morgan fingerprint density at radius 2 is 2.00 bits per heavy atom. The Bertz CT molecular complexity index is 529. The lowest BCUT2D eigenvalue weighted by atomic mass is 10.2. The number of hydrogen-bond acceptors (Lipinski definition) is 3. The Labute approximate surface area is 103 Å². The molecule has 3 nitrogen and oxygen atoms in total. The quantitative estimate of drug-likeness (QED) is 0.906. The summed E-state index contributed by atoms with van der Waals surface area (Å²) in [5, 5.41) is 0. The fraction of sp³-hybridized carbons (Fsp3) is 0.154. The lowest BCUT2D eigenvalue weighted by molar-refractivity contribution is 0.280. The summed E-state index contributed by atoms with van der Waals surface area (Å²) in [4.78, 5) is 4.10. The second-order valence-corrected chi connectivity index (χ2v) is 3.70. The van der Waals surface area contributed by atoms with Crippen LogP contribution in [-0.2, 0) is 13.2 Å². The first kappa shape index (κ1) is 12.4. The van der Waals surface area contributed by atoms with Gasteiger partial charge in [-0.2, -0.15) is 4.39 Å². The molecule has 0 saturated heterocycles. The summed E-state index contributed by atoms with van der Waals surface area (Å²) in [7, 11) is 0. The largest absolute Gasteiger partial charge is 0.484 e. The summed E-state index contributed by atoms with van der Waals surface area (Å²) in [6.45, 7) is 0.484. The van der Waals surface area contributed by atoms with E-state index in [1.165, 1.54) is 12.1 Å². The Morgan fingerprint density at radius 3 is 2.67 bits per heavy atom. The van der Waals surface area contributed by atoms with E-state index in [1.807, 2.05) is 6.07 Å². The zero-order valence-corrected chi connectivity index (χ0v) is 9.57. The van der Waals surface area contributed by atoms with Gasteiger partial charge in [0.25, 0.3) is 0 Å². The molecule has 5 heteroatoms. The molecular weight excluding hydrogens is 238 g/mol. The molecule has 0 bridgehead atoms. The first-order valence-electron chi connectivity index (χ1n) is 5.41. The van der Waals surface area contributed by atoms with Crippen LogP contribution in [0, 0.1) is 11.6 Å². The highest BCUT2D eigenvalue weighted by molar-refractivity contribution is 5.25. The molecule has 0 saturated carbocycles. The number of aromatic nitrogens is 1. The minimum Gasteiger partial charge on any atom is -0.484 e. The van der Waals surface area contributed by atoms with E-state index >= 15 is 0 Å². The van der Waals surface area contributed by atoms with Gasteiger partial charge in [0, 0.05) is 12.7 Å². The molecule has 94 valence electrons. The zero-order valence-electron chi connectivity index (χ0n) is 9.57. The van der Waals surface area contributed by atoms with Gasteiger partial charge in [0.05, 0.1) is 5.69 Å². The van der Waals surface area contributed by atoms with Gasteiger partial charge in [-0.05, 0) is 23.8 Å². The van der Waals surface area contributed by atoms with Gasteiger partial charge in [-0.15, -0.1) is 0 Å². The maximum absolute atomic E-state index is 13.3. The standard InChI is InChI=1S/C13H12F2N2O/c14-11-2-1-3-12(13(11)15)18-8-10-5-4-9(6-16)7-17-10/h1-5,7H,6,8,16H2. The predicted molar refractivity (Wildman–Crippen MR) is 62.8 cm³/mol. The fourth-order valence-corrected chi connectivity index (χ4v) is 1.41. The van der Waals surface area contributed by atoms with Crippen molar-refractivity contribution >= 4 is 0 Å². The second kappa shape index (κ2) is 5.55. The van der Waals surface area contributed by atoms with Gasteiger partial charge < -0.3 is 10.5 Å². The highest BCUT2D eigenvalue weighted by Gasteiger charge is 2.08. The molecule has 0 aliphatic heterocycles. The highest BCUT2D eigenvalue weighted by atomic mass is 19.2. The molecule has 0 radical (unpaired) electrons. The van der Waals surface area contributed by atoms with E-state index in [9.17, 15) is 8.78 Å². The molecule has 0 spiro atoms. The van der Waals surface area contributed by atoms with Crippen molar-refractivity contribution in [2.75, 3.05) is 0 Å². The molecule has 0 aliphatic carbocycles. The number of pyridine rings is 1. The van der Waals surface area contributed by atoms with Crippen molar-refractivity contribution in [2.45, 2.75) is 13.2 Å². The van der Waals surface area contributed by atoms with Gasteiger partial charge in [-0.1, -0.05) is 12.1 Å². The van der Waals surface area contributed by atoms with Crippen molar-refractivity contribution in [3.05, 3.63) is 59.4 Å². The van der Waals surface area contributed by atoms with Crippen molar-refractivity contribution in [1.82, 2.24) is 4.98 Å². The molecular formula is C13H12F2N2O. The SMILES string of the molecule is NCc1ccc(COc2cccc(F)c2F)nc1. The van der Waals surface area contributed by atoms with E-state index in [0.717, 1.165) is 11.6 Å². The fourth-order valence-electron chi connectivity index (χ4n) is 1.41. The average Bonchev–Trinajstić information content (AvgIpc) is 2.41. The van der Waals surface area contributed by atoms with Crippen molar-refractivity contribution in [3.63, 3.8) is 0 Å². The van der Waals surface area contributed by atoms with Crippen molar-refractivity contribution in [3.8, 4) is 5.75 Å². The number of halogens is 2. The summed E-state index contributed by atoms with van der Waals surface area (Å²) < 4.78 is 31.4. The Kier molecular flexibility index (Phi) is 3.84. The van der Waals surface area contributed by atoms with Crippen LogP contribution in [0.5, 0.6) is 5.75 Å². The molecule has 2 N–H and O–H groups in total. The first-order chi connectivity index (χ1) is 8.70. The predicted octanol–water partition coefficient (Wildman–Crippen LogP) is 2.40. The molecule has 0 fully saturated rings. The van der Waals surface area contributed by atoms with Crippen LogP contribution in [0.3, 0.4) is 0 Å². The summed E-state index contributed by atoms with van der Waals surface area (Å²) in [6.07, 6.45) is 1.63. The van der Waals surface area contributed by atoms with Gasteiger partial charge in [-0.25, -0.2) is 4.39 Å². The number of nitrogens with zero attached hydrogens (tertiary/aromatic N) is 1. The summed E-state index contributed by atoms with van der Waals surface area (Å²) in [5.41, 5.74) is 6.96. The molecule has 2 rings (SSSR count). The van der Waals surface area contributed by atoms with Crippen molar-refractivity contribution < 1.29 is 13.5 Å². The molecule has 0 atom stereocenters. The van der Waals surface area contributed by atoms with Crippen molar-refractivity contribution in [2.24, 2.45) is 5.73 Å². The number of hydrogen-bond donors (Lipinski definition) is 1. The smallest absolute Gasteiger partial charge is 0.200 e. The minimum atomic E-state index is -0.990. The van der Waals surface area contributed by atoms with Crippen LogP contribution >= 0.6 is 0 Å². The van der Waals surface area contributed by atoms with E-state index in [1.54, 1.807) is 12.3 Å². The van der Waals surface area contributed by atoms with Crippen LogP contribution in [0.2, 0.25) is 0 Å². The third kappa shape index (κ3) is 2.81. The second-order valence-electron chi connectivity index (χ2n) is 3.70. The summed E-state index contributed by atoms with van der Waals surface area (Å²) in [5.74, 6) is -2.05. The maximum Gasteiger partial charge on any atom is 0.200 e. The normalized spacial score (nSPS) is 10.4. The molecule has 1 aromatic heterocycles. The Hall–Kier alpha value is -2.01. The van der Waals surface area contributed by atoms with E-state index < -0.39 is 11.6 Å². The average molecular weight is 250 g/mol. The third-order valence-corrected chi connectivity index (χ3v) is 2.41. The highest BCUT2D eigenvalue weighted by Crippen LogP contribution is 2.19. The van der Waals surface area contributed by atoms with Gasteiger partial charge in [0.1, 0.15) is 6.61 Å².